The highest BCUT2D eigenvalue weighted by molar-refractivity contribution is 7.88. The van der Waals surface area contributed by atoms with Crippen LogP contribution in [0.2, 0.25) is 0 Å². The van der Waals surface area contributed by atoms with Crippen molar-refractivity contribution in [3.05, 3.63) is 35.9 Å². The molecule has 0 aromatic heterocycles. The van der Waals surface area contributed by atoms with Crippen molar-refractivity contribution >= 4 is 16.0 Å². The molecule has 1 aromatic rings. The van der Waals surface area contributed by atoms with Crippen molar-refractivity contribution in [1.29, 1.82) is 0 Å². The van der Waals surface area contributed by atoms with Gasteiger partial charge in [-0.2, -0.15) is 0 Å². The lowest BCUT2D eigenvalue weighted by atomic mass is 9.90. The highest BCUT2D eigenvalue weighted by atomic mass is 32.2. The van der Waals surface area contributed by atoms with Crippen LogP contribution in [0.4, 0.5) is 0 Å². The zero-order valence-corrected chi connectivity index (χ0v) is 17.7. The Bertz CT molecular complexity index is 683. The van der Waals surface area contributed by atoms with Crippen molar-refractivity contribution in [2.45, 2.75) is 32.6 Å². The number of sulfonamides is 1. The number of nitrogens with one attached hydrogen (secondary N) is 1. The number of rotatable bonds is 8. The van der Waals surface area contributed by atoms with Gasteiger partial charge in [-0.1, -0.05) is 37.3 Å². The summed E-state index contributed by atoms with van der Waals surface area (Å²) in [6, 6.07) is 10.7. The molecule has 0 radical (unpaired) electrons. The van der Waals surface area contributed by atoms with Gasteiger partial charge in [0.25, 0.3) is 0 Å². The fraction of sp³-hybridized carbons (Fsp3) is 0.650. The number of piperidine rings is 1. The van der Waals surface area contributed by atoms with E-state index in [9.17, 15) is 8.42 Å². The lowest BCUT2D eigenvalue weighted by Crippen LogP contribution is -2.46. The van der Waals surface area contributed by atoms with Gasteiger partial charge in [-0.05, 0) is 37.2 Å². The first-order valence-electron chi connectivity index (χ1n) is 9.88. The standard InChI is InChI=1S/C20H34N4O2S/c1-4-24(27(3,25)26)14-8-13-22-20(21-2)23-15-11-19(12-16-23)17-18-9-6-5-7-10-18/h5-7,9-10,19H,4,8,11-17H2,1-3H3,(H,21,22). The zero-order chi connectivity index (χ0) is 19.7. The second kappa shape index (κ2) is 10.7. The van der Waals surface area contributed by atoms with E-state index in [-0.39, 0.29) is 0 Å². The first kappa shape index (κ1) is 21.7. The van der Waals surface area contributed by atoms with Gasteiger partial charge >= 0.3 is 0 Å². The minimum Gasteiger partial charge on any atom is -0.356 e. The Balaban J connectivity index is 1.72. The molecule has 0 saturated carbocycles. The topological polar surface area (TPSA) is 65.0 Å². The van der Waals surface area contributed by atoms with Gasteiger partial charge < -0.3 is 10.2 Å². The summed E-state index contributed by atoms with van der Waals surface area (Å²) >= 11 is 0. The Hall–Kier alpha value is -1.60. The molecule has 1 heterocycles. The molecule has 0 atom stereocenters. The summed E-state index contributed by atoms with van der Waals surface area (Å²) in [6.45, 7) is 5.68. The Kier molecular flexibility index (Phi) is 8.57. The van der Waals surface area contributed by atoms with Gasteiger partial charge in [-0.25, -0.2) is 12.7 Å². The van der Waals surface area contributed by atoms with Crippen LogP contribution in [0.25, 0.3) is 0 Å². The number of hydrogen-bond donors (Lipinski definition) is 1. The molecule has 1 aliphatic heterocycles. The van der Waals surface area contributed by atoms with Crippen LogP contribution < -0.4 is 5.32 Å². The average molecular weight is 395 g/mol. The van der Waals surface area contributed by atoms with Crippen LogP contribution >= 0.6 is 0 Å². The van der Waals surface area contributed by atoms with Crippen LogP contribution in [0, 0.1) is 5.92 Å². The molecule has 0 unspecified atom stereocenters. The molecule has 1 saturated heterocycles. The van der Waals surface area contributed by atoms with E-state index < -0.39 is 10.0 Å². The first-order valence-corrected chi connectivity index (χ1v) is 11.7. The molecule has 0 spiro atoms. The third kappa shape index (κ3) is 7.14. The quantitative estimate of drug-likeness (QED) is 0.417. The molecule has 1 aromatic carbocycles. The summed E-state index contributed by atoms with van der Waals surface area (Å²) in [5, 5.41) is 3.39. The molecule has 7 heteroatoms. The third-order valence-electron chi connectivity index (χ3n) is 5.18. The fourth-order valence-electron chi connectivity index (χ4n) is 3.64. The Morgan fingerprint density at radius 2 is 1.93 bits per heavy atom. The van der Waals surface area contributed by atoms with E-state index in [1.54, 1.807) is 0 Å². The maximum Gasteiger partial charge on any atom is 0.211 e. The summed E-state index contributed by atoms with van der Waals surface area (Å²) in [7, 11) is -1.30. The smallest absolute Gasteiger partial charge is 0.211 e. The number of aliphatic imine (C=N–C) groups is 1. The van der Waals surface area contributed by atoms with E-state index in [2.05, 4.69) is 45.5 Å². The summed E-state index contributed by atoms with van der Waals surface area (Å²) in [5.74, 6) is 1.66. The average Bonchev–Trinajstić information content (AvgIpc) is 2.65. The molecule has 6 nitrogen and oxygen atoms in total. The Labute approximate surface area is 164 Å². The molecular weight excluding hydrogens is 360 g/mol. The maximum absolute atomic E-state index is 11.6. The van der Waals surface area contributed by atoms with Crippen molar-refractivity contribution < 1.29 is 8.42 Å². The van der Waals surface area contributed by atoms with Crippen LogP contribution in [0.5, 0.6) is 0 Å². The molecular formula is C20H34N4O2S. The van der Waals surface area contributed by atoms with E-state index in [4.69, 9.17) is 0 Å². The molecule has 1 N–H and O–H groups in total. The van der Waals surface area contributed by atoms with Gasteiger partial charge in [-0.3, -0.25) is 4.99 Å². The zero-order valence-electron chi connectivity index (χ0n) is 16.9. The normalized spacial score (nSPS) is 16.7. The minimum atomic E-state index is -3.11. The first-order chi connectivity index (χ1) is 12.9. The number of benzene rings is 1. The van der Waals surface area contributed by atoms with E-state index in [1.807, 2.05) is 14.0 Å². The van der Waals surface area contributed by atoms with Crippen molar-refractivity contribution in [3.8, 4) is 0 Å². The molecule has 0 aliphatic carbocycles. The summed E-state index contributed by atoms with van der Waals surface area (Å²) in [5.41, 5.74) is 1.42. The molecule has 1 fully saturated rings. The van der Waals surface area contributed by atoms with Gasteiger partial charge in [0.1, 0.15) is 0 Å². The summed E-state index contributed by atoms with van der Waals surface area (Å²) in [4.78, 5) is 6.72. The van der Waals surface area contributed by atoms with Gasteiger partial charge in [0.15, 0.2) is 5.96 Å². The van der Waals surface area contributed by atoms with Crippen LogP contribution in [-0.2, 0) is 16.4 Å². The maximum atomic E-state index is 11.6. The predicted molar refractivity (Wildman–Crippen MR) is 113 cm³/mol. The second-order valence-corrected chi connectivity index (χ2v) is 9.18. The number of guanidine groups is 1. The van der Waals surface area contributed by atoms with Gasteiger partial charge in [-0.15, -0.1) is 0 Å². The molecule has 1 aliphatic rings. The largest absolute Gasteiger partial charge is 0.356 e. The molecule has 27 heavy (non-hydrogen) atoms. The highest BCUT2D eigenvalue weighted by Crippen LogP contribution is 2.21. The minimum absolute atomic E-state index is 0.516. The highest BCUT2D eigenvalue weighted by Gasteiger charge is 2.21. The fourth-order valence-corrected chi connectivity index (χ4v) is 4.57. The lowest BCUT2D eigenvalue weighted by molar-refractivity contribution is 0.259. The summed E-state index contributed by atoms with van der Waals surface area (Å²) in [6.07, 6.45) is 5.53. The van der Waals surface area contributed by atoms with Crippen molar-refractivity contribution in [2.24, 2.45) is 10.9 Å². The van der Waals surface area contributed by atoms with Crippen LogP contribution in [0.3, 0.4) is 0 Å². The van der Waals surface area contributed by atoms with Crippen molar-refractivity contribution in [3.63, 3.8) is 0 Å². The van der Waals surface area contributed by atoms with Gasteiger partial charge in [0.05, 0.1) is 6.26 Å². The van der Waals surface area contributed by atoms with Gasteiger partial charge in [0.2, 0.25) is 10.0 Å². The predicted octanol–water partition coefficient (Wildman–Crippen LogP) is 2.19. The van der Waals surface area contributed by atoms with Crippen molar-refractivity contribution in [1.82, 2.24) is 14.5 Å². The summed E-state index contributed by atoms with van der Waals surface area (Å²) < 4.78 is 24.8. The van der Waals surface area contributed by atoms with E-state index in [1.165, 1.54) is 29.0 Å². The monoisotopic (exact) mass is 394 g/mol. The van der Waals surface area contributed by atoms with Crippen LogP contribution in [0.15, 0.2) is 35.3 Å². The third-order valence-corrected chi connectivity index (χ3v) is 6.56. The lowest BCUT2D eigenvalue weighted by Gasteiger charge is -2.34. The molecule has 152 valence electrons. The van der Waals surface area contributed by atoms with E-state index in [0.717, 1.165) is 44.4 Å². The number of likely N-dealkylation sites (tertiary alicyclic amines) is 1. The van der Waals surface area contributed by atoms with Crippen LogP contribution in [0.1, 0.15) is 31.7 Å². The molecule has 0 bridgehead atoms. The van der Waals surface area contributed by atoms with E-state index in [0.29, 0.717) is 13.1 Å². The number of hydrogen-bond acceptors (Lipinski definition) is 3. The Morgan fingerprint density at radius 3 is 2.48 bits per heavy atom. The van der Waals surface area contributed by atoms with Crippen molar-refractivity contribution in [2.75, 3.05) is 46.0 Å². The molecule has 2 rings (SSSR count). The van der Waals surface area contributed by atoms with Crippen LogP contribution in [-0.4, -0.2) is 69.6 Å². The Morgan fingerprint density at radius 1 is 1.26 bits per heavy atom. The SMILES string of the molecule is CCN(CCCNC(=NC)N1CCC(Cc2ccccc2)CC1)S(C)(=O)=O. The van der Waals surface area contributed by atoms with Gasteiger partial charge in [0, 0.05) is 39.8 Å². The second-order valence-electron chi connectivity index (χ2n) is 7.20. The number of nitrogens with zero attached hydrogens (tertiary/aromatic N) is 3. The van der Waals surface area contributed by atoms with E-state index >= 15 is 0 Å². The molecule has 0 amide bonds.